The van der Waals surface area contributed by atoms with Crippen LogP contribution in [0.15, 0.2) is 59.6 Å². The summed E-state index contributed by atoms with van der Waals surface area (Å²) >= 11 is 0. The second-order valence-corrected chi connectivity index (χ2v) is 6.14. The zero-order valence-electron chi connectivity index (χ0n) is 9.37. The van der Waals surface area contributed by atoms with Gasteiger partial charge in [-0.25, -0.2) is 12.4 Å². The summed E-state index contributed by atoms with van der Waals surface area (Å²) in [5, 5.41) is 0.978. The van der Waals surface area contributed by atoms with E-state index >= 15 is 0 Å². The van der Waals surface area contributed by atoms with Gasteiger partial charge in [0, 0.05) is 22.7 Å². The number of hydrogen-bond donors (Lipinski definition) is 0. The number of benzene rings is 2. The van der Waals surface area contributed by atoms with Crippen LogP contribution in [-0.2, 0) is 10.0 Å². The maximum absolute atomic E-state index is 12.5. The molecule has 2 heterocycles. The van der Waals surface area contributed by atoms with Gasteiger partial charge >= 0.3 is 0 Å². The first kappa shape index (κ1) is 9.91. The molecule has 0 fully saturated rings. The third-order valence-electron chi connectivity index (χ3n) is 3.39. The van der Waals surface area contributed by atoms with Crippen molar-refractivity contribution in [1.82, 2.24) is 3.97 Å². The molecule has 0 atom stereocenters. The molecule has 0 aliphatic carbocycles. The first-order chi connectivity index (χ1) is 8.69. The Balaban J connectivity index is 2.33. The van der Waals surface area contributed by atoms with Crippen LogP contribution in [0.1, 0.15) is 0 Å². The monoisotopic (exact) mass is 255 g/mol. The van der Waals surface area contributed by atoms with Crippen molar-refractivity contribution in [2.45, 2.75) is 4.90 Å². The van der Waals surface area contributed by atoms with Gasteiger partial charge in [0.2, 0.25) is 0 Å². The Labute approximate surface area is 104 Å². The largest absolute Gasteiger partial charge is 0.268 e. The van der Waals surface area contributed by atoms with Gasteiger partial charge in [0.25, 0.3) is 10.0 Å². The van der Waals surface area contributed by atoms with Gasteiger partial charge in [0.05, 0.1) is 10.4 Å². The van der Waals surface area contributed by atoms with Crippen LogP contribution in [0.2, 0.25) is 0 Å². The third kappa shape index (κ3) is 1.01. The topological polar surface area (TPSA) is 39.1 Å². The second-order valence-electron chi connectivity index (χ2n) is 4.36. The van der Waals surface area contributed by atoms with Crippen molar-refractivity contribution >= 4 is 20.9 Å². The molecule has 88 valence electrons. The molecule has 0 N–H and O–H groups in total. The molecule has 0 spiro atoms. The average molecular weight is 255 g/mol. The Morgan fingerprint density at radius 3 is 2.44 bits per heavy atom. The minimum atomic E-state index is -3.45. The molecule has 2 bridgehead atoms. The zero-order chi connectivity index (χ0) is 12.3. The summed E-state index contributed by atoms with van der Waals surface area (Å²) < 4.78 is 26.4. The van der Waals surface area contributed by atoms with Crippen molar-refractivity contribution in [1.29, 1.82) is 0 Å². The Kier molecular flexibility index (Phi) is 1.67. The predicted molar refractivity (Wildman–Crippen MR) is 70.0 cm³/mol. The van der Waals surface area contributed by atoms with Gasteiger partial charge in [0.1, 0.15) is 0 Å². The summed E-state index contributed by atoms with van der Waals surface area (Å²) in [6, 6.07) is 14.7. The van der Waals surface area contributed by atoms with E-state index < -0.39 is 10.0 Å². The van der Waals surface area contributed by atoms with Gasteiger partial charge in [-0.05, 0) is 12.1 Å². The molecule has 0 unspecified atom stereocenters. The molecular formula is C14H9NO2S. The number of nitrogens with zero attached hydrogens (tertiary/aromatic N) is 1. The summed E-state index contributed by atoms with van der Waals surface area (Å²) in [6.07, 6.45) is 1.71. The smallest absolute Gasteiger partial charge is 0.240 e. The molecule has 2 aromatic carbocycles. The average Bonchev–Trinajstić information content (AvgIpc) is 2.75. The maximum Gasteiger partial charge on any atom is 0.268 e. The molecule has 4 rings (SSSR count). The molecule has 3 aromatic rings. The number of para-hydroxylation sites is 1. The lowest BCUT2D eigenvalue weighted by molar-refractivity contribution is 0.588. The van der Waals surface area contributed by atoms with Gasteiger partial charge in [-0.2, -0.15) is 0 Å². The second kappa shape index (κ2) is 3.03. The zero-order valence-corrected chi connectivity index (χ0v) is 10.2. The standard InChI is InChI=1S/C14H9NO2S/c16-18(17)14-8-4-2-6-11(14)12-9-15(18)13-7-3-1-5-10(12)13/h1-9H. The van der Waals surface area contributed by atoms with Crippen molar-refractivity contribution in [3.8, 4) is 11.1 Å². The molecule has 18 heavy (non-hydrogen) atoms. The minimum absolute atomic E-state index is 0.388. The van der Waals surface area contributed by atoms with Crippen LogP contribution in [0.4, 0.5) is 0 Å². The predicted octanol–water partition coefficient (Wildman–Crippen LogP) is 2.86. The highest BCUT2D eigenvalue weighted by molar-refractivity contribution is 7.90. The molecule has 0 radical (unpaired) electrons. The summed E-state index contributed by atoms with van der Waals surface area (Å²) in [6.45, 7) is 0. The summed E-state index contributed by atoms with van der Waals surface area (Å²) in [5.74, 6) is 0. The lowest BCUT2D eigenvalue weighted by atomic mass is 10.1. The van der Waals surface area contributed by atoms with E-state index in [-0.39, 0.29) is 0 Å². The highest BCUT2D eigenvalue weighted by Gasteiger charge is 2.30. The summed E-state index contributed by atoms with van der Waals surface area (Å²) in [4.78, 5) is 0.388. The van der Waals surface area contributed by atoms with Crippen LogP contribution < -0.4 is 0 Å². The van der Waals surface area contributed by atoms with E-state index in [9.17, 15) is 8.42 Å². The molecule has 3 nitrogen and oxygen atoms in total. The van der Waals surface area contributed by atoms with Crippen molar-refractivity contribution in [3.63, 3.8) is 0 Å². The van der Waals surface area contributed by atoms with Gasteiger partial charge in [-0.3, -0.25) is 0 Å². The van der Waals surface area contributed by atoms with E-state index in [2.05, 4.69) is 0 Å². The van der Waals surface area contributed by atoms with Crippen molar-refractivity contribution < 1.29 is 8.42 Å². The van der Waals surface area contributed by atoms with Crippen LogP contribution in [0.5, 0.6) is 0 Å². The Morgan fingerprint density at radius 2 is 1.56 bits per heavy atom. The first-order valence-corrected chi connectivity index (χ1v) is 7.09. The van der Waals surface area contributed by atoms with Crippen LogP contribution in [-0.4, -0.2) is 12.4 Å². The number of fused-ring (bicyclic) bond motifs is 7. The van der Waals surface area contributed by atoms with E-state index in [0.717, 1.165) is 22.0 Å². The normalized spacial score (nSPS) is 15.6. The number of rotatable bonds is 0. The minimum Gasteiger partial charge on any atom is -0.240 e. The van der Waals surface area contributed by atoms with Crippen LogP contribution >= 0.6 is 0 Å². The van der Waals surface area contributed by atoms with Crippen molar-refractivity contribution in [2.75, 3.05) is 0 Å². The fourth-order valence-electron chi connectivity index (χ4n) is 2.58. The summed E-state index contributed by atoms with van der Waals surface area (Å²) in [7, 11) is -3.45. The molecule has 1 aliphatic rings. The highest BCUT2D eigenvalue weighted by atomic mass is 32.2. The maximum atomic E-state index is 12.5. The molecule has 4 heteroatoms. The molecule has 0 amide bonds. The first-order valence-electron chi connectivity index (χ1n) is 5.65. The molecular weight excluding hydrogens is 246 g/mol. The highest BCUT2D eigenvalue weighted by Crippen LogP contribution is 2.40. The van der Waals surface area contributed by atoms with Gasteiger partial charge in [-0.15, -0.1) is 0 Å². The number of hydrogen-bond acceptors (Lipinski definition) is 2. The lowest BCUT2D eigenvalue weighted by Gasteiger charge is -2.13. The Morgan fingerprint density at radius 1 is 0.833 bits per heavy atom. The number of aromatic nitrogens is 1. The van der Waals surface area contributed by atoms with E-state index in [1.807, 2.05) is 36.4 Å². The van der Waals surface area contributed by atoms with Crippen LogP contribution in [0.3, 0.4) is 0 Å². The van der Waals surface area contributed by atoms with E-state index in [4.69, 9.17) is 0 Å². The molecule has 1 aromatic heterocycles. The fraction of sp³-hybridized carbons (Fsp3) is 0. The quantitative estimate of drug-likeness (QED) is 0.484. The lowest BCUT2D eigenvalue weighted by Crippen LogP contribution is -2.14. The third-order valence-corrected chi connectivity index (χ3v) is 5.12. The van der Waals surface area contributed by atoms with Crippen molar-refractivity contribution in [3.05, 3.63) is 54.7 Å². The SMILES string of the molecule is O=S1(=O)c2ccccc2-c2cn1c1ccccc21. The Bertz CT molecular complexity index is 891. The molecule has 1 aliphatic heterocycles. The molecule has 0 saturated heterocycles. The van der Waals surface area contributed by atoms with Crippen molar-refractivity contribution in [2.24, 2.45) is 0 Å². The van der Waals surface area contributed by atoms with E-state index in [1.54, 1.807) is 18.3 Å². The van der Waals surface area contributed by atoms with Gasteiger partial charge < -0.3 is 0 Å². The van der Waals surface area contributed by atoms with Gasteiger partial charge in [0.15, 0.2) is 0 Å². The Hall–Kier alpha value is -2.07. The summed E-state index contributed by atoms with van der Waals surface area (Å²) in [5.41, 5.74) is 2.51. The van der Waals surface area contributed by atoms with Gasteiger partial charge in [-0.1, -0.05) is 36.4 Å². The molecule has 0 saturated carbocycles. The van der Waals surface area contributed by atoms with E-state index in [1.165, 1.54) is 3.97 Å². The van der Waals surface area contributed by atoms with Crippen LogP contribution in [0.25, 0.3) is 22.0 Å². The van der Waals surface area contributed by atoms with E-state index in [0.29, 0.717) is 4.90 Å². The fourth-order valence-corrected chi connectivity index (χ4v) is 4.16. The van der Waals surface area contributed by atoms with Crippen LogP contribution in [0, 0.1) is 0 Å².